The first-order chi connectivity index (χ1) is 9.99. The smallest absolute Gasteiger partial charge is 0.223 e. The molecule has 0 unspecified atom stereocenters. The molecule has 1 aromatic carbocycles. The number of Topliss-reactive ketones (excluding diaryl/α,β-unsaturated/α-hetero) is 1. The topological polar surface area (TPSA) is 88.0 Å². The summed E-state index contributed by atoms with van der Waals surface area (Å²) in [5, 5.41) is 3.97. The Bertz CT molecular complexity index is 646. The quantitative estimate of drug-likeness (QED) is 0.756. The molecule has 0 saturated carbocycles. The van der Waals surface area contributed by atoms with Crippen LogP contribution in [0.3, 0.4) is 0 Å². The van der Waals surface area contributed by atoms with Gasteiger partial charge in [-0.2, -0.15) is 0 Å². The van der Waals surface area contributed by atoms with Crippen molar-refractivity contribution in [2.45, 2.75) is 32.9 Å². The predicted octanol–water partition coefficient (Wildman–Crippen LogP) is 1.73. The van der Waals surface area contributed by atoms with E-state index in [1.54, 1.807) is 13.8 Å². The molecule has 2 rings (SSSR count). The number of fused-ring (bicyclic) bond motifs is 1. The van der Waals surface area contributed by atoms with Crippen molar-refractivity contribution in [3.8, 4) is 0 Å². The number of carbonyl (C=O) groups is 2. The van der Waals surface area contributed by atoms with E-state index >= 15 is 0 Å². The zero-order chi connectivity index (χ0) is 15.4. The third-order valence-electron chi connectivity index (χ3n) is 3.60. The normalized spacial score (nSPS) is 13.9. The second-order valence-corrected chi connectivity index (χ2v) is 5.43. The lowest BCUT2D eigenvalue weighted by Gasteiger charge is -2.13. The minimum absolute atomic E-state index is 0.0922. The Morgan fingerprint density at radius 2 is 2.05 bits per heavy atom. The zero-order valence-corrected chi connectivity index (χ0v) is 12.3. The van der Waals surface area contributed by atoms with Crippen LogP contribution in [0.15, 0.2) is 30.5 Å². The monoisotopic (exact) mass is 287 g/mol. The maximum atomic E-state index is 12.0. The van der Waals surface area contributed by atoms with Crippen LogP contribution < -0.4 is 11.1 Å². The van der Waals surface area contributed by atoms with Gasteiger partial charge in [0.15, 0.2) is 0 Å². The van der Waals surface area contributed by atoms with Crippen molar-refractivity contribution in [1.29, 1.82) is 0 Å². The summed E-state index contributed by atoms with van der Waals surface area (Å²) in [4.78, 5) is 26.7. The molecule has 1 aromatic heterocycles. The van der Waals surface area contributed by atoms with E-state index in [1.165, 1.54) is 0 Å². The Kier molecular flexibility index (Phi) is 4.75. The maximum absolute atomic E-state index is 12.0. The van der Waals surface area contributed by atoms with E-state index < -0.39 is 6.04 Å². The highest BCUT2D eigenvalue weighted by Gasteiger charge is 2.18. The Morgan fingerprint density at radius 1 is 1.29 bits per heavy atom. The molecule has 2 atom stereocenters. The summed E-state index contributed by atoms with van der Waals surface area (Å²) in [5.41, 5.74) is 7.61. The van der Waals surface area contributed by atoms with Crippen molar-refractivity contribution in [2.75, 3.05) is 0 Å². The molecular weight excluding hydrogens is 266 g/mol. The summed E-state index contributed by atoms with van der Waals surface area (Å²) in [6, 6.07) is 7.39. The van der Waals surface area contributed by atoms with Gasteiger partial charge in [0.2, 0.25) is 5.91 Å². The Morgan fingerprint density at radius 3 is 2.76 bits per heavy atom. The van der Waals surface area contributed by atoms with Crippen LogP contribution in [-0.4, -0.2) is 22.7 Å². The first kappa shape index (κ1) is 15.3. The zero-order valence-electron chi connectivity index (χ0n) is 12.3. The lowest BCUT2D eigenvalue weighted by Crippen LogP contribution is -2.34. The minimum atomic E-state index is -0.520. The largest absolute Gasteiger partial charge is 0.361 e. The second kappa shape index (κ2) is 6.54. The van der Waals surface area contributed by atoms with Gasteiger partial charge < -0.3 is 16.0 Å². The fraction of sp³-hybridized carbons (Fsp3) is 0.375. The van der Waals surface area contributed by atoms with Crippen LogP contribution in [0.4, 0.5) is 0 Å². The summed E-state index contributed by atoms with van der Waals surface area (Å²) in [6.07, 6.45) is 2.05. The molecule has 2 aromatic rings. The predicted molar refractivity (Wildman–Crippen MR) is 82.6 cm³/mol. The highest BCUT2D eigenvalue weighted by atomic mass is 16.2. The molecule has 21 heavy (non-hydrogen) atoms. The molecule has 0 bridgehead atoms. The van der Waals surface area contributed by atoms with E-state index in [-0.39, 0.29) is 24.0 Å². The number of nitrogens with two attached hydrogens (primary N) is 1. The van der Waals surface area contributed by atoms with Gasteiger partial charge in [0, 0.05) is 36.0 Å². The van der Waals surface area contributed by atoms with Crippen molar-refractivity contribution in [3.05, 3.63) is 36.0 Å². The van der Waals surface area contributed by atoms with Crippen LogP contribution in [-0.2, 0) is 16.1 Å². The Balaban J connectivity index is 1.95. The lowest BCUT2D eigenvalue weighted by molar-refractivity contribution is -0.129. The average Bonchev–Trinajstić information content (AvgIpc) is 2.93. The molecule has 4 N–H and O–H groups in total. The van der Waals surface area contributed by atoms with Crippen LogP contribution in [0.5, 0.6) is 0 Å². The number of aromatic nitrogens is 1. The number of aromatic amines is 1. The molecule has 0 aliphatic heterocycles. The maximum Gasteiger partial charge on any atom is 0.223 e. The number of hydrogen-bond donors (Lipinski definition) is 3. The first-order valence-electron chi connectivity index (χ1n) is 7.10. The molecule has 0 radical (unpaired) electrons. The van der Waals surface area contributed by atoms with E-state index in [9.17, 15) is 9.59 Å². The van der Waals surface area contributed by atoms with Gasteiger partial charge in [0.25, 0.3) is 0 Å². The van der Waals surface area contributed by atoms with Gasteiger partial charge in [-0.1, -0.05) is 19.1 Å². The number of carbonyl (C=O) groups excluding carboxylic acids is 2. The van der Waals surface area contributed by atoms with Gasteiger partial charge in [0.05, 0.1) is 6.04 Å². The van der Waals surface area contributed by atoms with Gasteiger partial charge in [-0.25, -0.2) is 0 Å². The van der Waals surface area contributed by atoms with E-state index in [0.29, 0.717) is 6.54 Å². The standard InChI is InChI=1S/C16H21N3O2/c1-10(8-15(20)11(2)17)16(21)19-9-12-4-3-5-14-13(12)6-7-18-14/h3-7,10-11,18H,8-9,17H2,1-2H3,(H,19,21)/t10-,11+/m1/s1. The SMILES string of the molecule is C[C@H](N)C(=O)C[C@@H](C)C(=O)NCc1cccc2[nH]ccc12. The van der Waals surface area contributed by atoms with Crippen LogP contribution in [0.2, 0.25) is 0 Å². The van der Waals surface area contributed by atoms with Crippen molar-refractivity contribution in [3.63, 3.8) is 0 Å². The third kappa shape index (κ3) is 3.70. The molecule has 1 heterocycles. The molecule has 0 saturated heterocycles. The number of benzene rings is 1. The number of rotatable bonds is 6. The molecule has 5 nitrogen and oxygen atoms in total. The summed E-state index contributed by atoms with van der Waals surface area (Å²) >= 11 is 0. The summed E-state index contributed by atoms with van der Waals surface area (Å²) < 4.78 is 0. The number of H-pyrrole nitrogens is 1. The lowest BCUT2D eigenvalue weighted by atomic mass is 10.0. The second-order valence-electron chi connectivity index (χ2n) is 5.43. The molecule has 112 valence electrons. The van der Waals surface area contributed by atoms with Gasteiger partial charge in [-0.05, 0) is 24.6 Å². The average molecular weight is 287 g/mol. The Labute approximate surface area is 123 Å². The van der Waals surface area contributed by atoms with E-state index in [2.05, 4.69) is 10.3 Å². The molecule has 1 amide bonds. The highest BCUT2D eigenvalue weighted by molar-refractivity contribution is 5.89. The first-order valence-corrected chi connectivity index (χ1v) is 7.10. The Hall–Kier alpha value is -2.14. The number of hydrogen-bond acceptors (Lipinski definition) is 3. The van der Waals surface area contributed by atoms with Crippen molar-refractivity contribution in [1.82, 2.24) is 10.3 Å². The van der Waals surface area contributed by atoms with Gasteiger partial charge in [0.1, 0.15) is 5.78 Å². The van der Waals surface area contributed by atoms with Gasteiger partial charge in [-0.15, -0.1) is 0 Å². The minimum Gasteiger partial charge on any atom is -0.361 e. The summed E-state index contributed by atoms with van der Waals surface area (Å²) in [6.45, 7) is 3.83. The molecule has 0 fully saturated rings. The summed E-state index contributed by atoms with van der Waals surface area (Å²) in [5.74, 6) is -0.587. The van der Waals surface area contributed by atoms with Crippen molar-refractivity contribution in [2.24, 2.45) is 11.7 Å². The van der Waals surface area contributed by atoms with Gasteiger partial charge >= 0.3 is 0 Å². The fourth-order valence-corrected chi connectivity index (χ4v) is 2.24. The van der Waals surface area contributed by atoms with Crippen LogP contribution in [0.25, 0.3) is 10.9 Å². The third-order valence-corrected chi connectivity index (χ3v) is 3.60. The number of ketones is 1. The van der Waals surface area contributed by atoms with Gasteiger partial charge in [-0.3, -0.25) is 9.59 Å². The molecular formula is C16H21N3O2. The van der Waals surface area contributed by atoms with Crippen LogP contribution >= 0.6 is 0 Å². The van der Waals surface area contributed by atoms with Crippen LogP contribution in [0, 0.1) is 5.92 Å². The summed E-state index contributed by atoms with van der Waals surface area (Å²) in [7, 11) is 0. The number of amides is 1. The molecule has 0 aliphatic rings. The molecule has 0 aliphatic carbocycles. The fourth-order valence-electron chi connectivity index (χ4n) is 2.24. The van der Waals surface area contributed by atoms with Crippen molar-refractivity contribution < 1.29 is 9.59 Å². The van der Waals surface area contributed by atoms with Crippen molar-refractivity contribution >= 4 is 22.6 Å². The van der Waals surface area contributed by atoms with E-state index in [1.807, 2.05) is 30.5 Å². The van der Waals surface area contributed by atoms with E-state index in [0.717, 1.165) is 16.5 Å². The highest BCUT2D eigenvalue weighted by Crippen LogP contribution is 2.17. The van der Waals surface area contributed by atoms with Crippen LogP contribution in [0.1, 0.15) is 25.8 Å². The number of nitrogens with one attached hydrogen (secondary N) is 2. The van der Waals surface area contributed by atoms with E-state index in [4.69, 9.17) is 5.73 Å². The molecule has 0 spiro atoms. The molecule has 5 heteroatoms.